The lowest BCUT2D eigenvalue weighted by Gasteiger charge is -2.35. The van der Waals surface area contributed by atoms with Crippen molar-refractivity contribution in [3.05, 3.63) is 283 Å². The molecular weight excluding hydrogens is 771 g/mol. The van der Waals surface area contributed by atoms with E-state index in [2.05, 4.69) is 266 Å². The number of anilines is 3. The van der Waals surface area contributed by atoms with Crippen LogP contribution in [0.5, 0.6) is 0 Å². The normalized spacial score (nSPS) is 12.5. The van der Waals surface area contributed by atoms with Gasteiger partial charge in [-0.2, -0.15) is 0 Å². The van der Waals surface area contributed by atoms with Crippen molar-refractivity contribution in [2.75, 3.05) is 4.90 Å². The summed E-state index contributed by atoms with van der Waals surface area (Å²) in [5, 5.41) is 5.00. The highest BCUT2D eigenvalue weighted by Gasteiger charge is 2.46. The maximum Gasteiger partial charge on any atom is 0.0714 e. The number of fused-ring (bicyclic) bond motifs is 5. The van der Waals surface area contributed by atoms with Crippen LogP contribution in [0.4, 0.5) is 17.1 Å². The SMILES string of the molecule is c1ccc(-c2ccc(-c3ccc(N(c4ccc(-c5cccc6ccccc56)cc4)c4ccc5c(c4)C(c4ccccc4)(c4ccccc4)c4ccccc4-5)cc3)c3ccccc23)cc1. The molecule has 0 heterocycles. The lowest BCUT2D eigenvalue weighted by Crippen LogP contribution is -2.28. The van der Waals surface area contributed by atoms with Gasteiger partial charge >= 0.3 is 0 Å². The summed E-state index contributed by atoms with van der Waals surface area (Å²) in [6, 6.07) is 95.8. The van der Waals surface area contributed by atoms with E-state index in [0.717, 1.165) is 17.1 Å². The standard InChI is InChI=1S/C63H43N/c1-4-17-44(18-5-1)55-41-42-56(58-27-13-12-26-57(55)58)47-33-37-51(38-34-47)64(50-35-31-46(32-36-50)54-29-16-20-45-19-10-11-25-53(45)54)52-39-40-60-59-28-14-15-30-61(59)63(62(60)43-52,48-21-6-2-7-22-48)49-23-8-3-9-24-49/h1-43H. The Labute approximate surface area is 374 Å². The number of rotatable bonds is 8. The molecule has 12 rings (SSSR count). The van der Waals surface area contributed by atoms with Crippen LogP contribution >= 0.6 is 0 Å². The van der Waals surface area contributed by atoms with E-state index in [1.807, 2.05) is 0 Å². The first-order chi connectivity index (χ1) is 31.8. The van der Waals surface area contributed by atoms with Crippen molar-refractivity contribution in [2.24, 2.45) is 0 Å². The summed E-state index contributed by atoms with van der Waals surface area (Å²) in [5.74, 6) is 0. The van der Waals surface area contributed by atoms with Crippen LogP contribution < -0.4 is 4.90 Å². The van der Waals surface area contributed by atoms with Crippen LogP contribution in [0.3, 0.4) is 0 Å². The fraction of sp³-hybridized carbons (Fsp3) is 0.0159. The summed E-state index contributed by atoms with van der Waals surface area (Å²) >= 11 is 0. The summed E-state index contributed by atoms with van der Waals surface area (Å²) in [5.41, 5.74) is 17.7. The van der Waals surface area contributed by atoms with Gasteiger partial charge in [0.2, 0.25) is 0 Å². The average Bonchev–Trinajstić information content (AvgIpc) is 3.67. The second-order valence-corrected chi connectivity index (χ2v) is 16.8. The van der Waals surface area contributed by atoms with E-state index >= 15 is 0 Å². The summed E-state index contributed by atoms with van der Waals surface area (Å²) in [4.78, 5) is 2.43. The molecule has 1 aliphatic carbocycles. The quantitative estimate of drug-likeness (QED) is 0.148. The molecule has 11 aromatic rings. The van der Waals surface area contributed by atoms with Crippen LogP contribution in [0, 0.1) is 0 Å². The molecule has 0 aromatic heterocycles. The zero-order valence-electron chi connectivity index (χ0n) is 35.3. The molecule has 1 nitrogen and oxygen atoms in total. The first-order valence-electron chi connectivity index (χ1n) is 22.2. The first kappa shape index (κ1) is 37.5. The minimum absolute atomic E-state index is 0.509. The fourth-order valence-electron chi connectivity index (χ4n) is 10.5. The second kappa shape index (κ2) is 15.6. The average molecular weight is 814 g/mol. The Bertz CT molecular complexity index is 3420. The van der Waals surface area contributed by atoms with Gasteiger partial charge in [-0.3, -0.25) is 0 Å². The van der Waals surface area contributed by atoms with Gasteiger partial charge in [-0.25, -0.2) is 0 Å². The Hall–Kier alpha value is -8.26. The highest BCUT2D eigenvalue weighted by molar-refractivity contribution is 6.05. The van der Waals surface area contributed by atoms with Gasteiger partial charge < -0.3 is 4.90 Å². The lowest BCUT2D eigenvalue weighted by molar-refractivity contribution is 0.768. The maximum absolute atomic E-state index is 2.46. The van der Waals surface area contributed by atoms with Gasteiger partial charge in [-0.05, 0) is 125 Å². The van der Waals surface area contributed by atoms with Crippen LogP contribution in [-0.2, 0) is 5.41 Å². The number of hydrogen-bond acceptors (Lipinski definition) is 1. The number of hydrogen-bond donors (Lipinski definition) is 0. The van der Waals surface area contributed by atoms with Crippen LogP contribution in [0.1, 0.15) is 22.3 Å². The van der Waals surface area contributed by atoms with E-state index in [-0.39, 0.29) is 0 Å². The Kier molecular flexibility index (Phi) is 9.13. The van der Waals surface area contributed by atoms with Crippen molar-refractivity contribution in [3.63, 3.8) is 0 Å². The Balaban J connectivity index is 1.03. The molecule has 11 aromatic carbocycles. The summed E-state index contributed by atoms with van der Waals surface area (Å²) in [7, 11) is 0. The van der Waals surface area contributed by atoms with Gasteiger partial charge in [0.25, 0.3) is 0 Å². The van der Waals surface area contributed by atoms with E-state index in [0.29, 0.717) is 0 Å². The molecule has 0 saturated carbocycles. The smallest absolute Gasteiger partial charge is 0.0714 e. The maximum atomic E-state index is 2.46. The van der Waals surface area contributed by atoms with Gasteiger partial charge in [-0.1, -0.05) is 224 Å². The predicted octanol–water partition coefficient (Wildman–Crippen LogP) is 16.8. The Morgan fingerprint density at radius 3 is 1.27 bits per heavy atom. The Morgan fingerprint density at radius 2 is 0.656 bits per heavy atom. The van der Waals surface area contributed by atoms with Crippen molar-refractivity contribution in [1.82, 2.24) is 0 Å². The molecule has 0 saturated heterocycles. The predicted molar refractivity (Wildman–Crippen MR) is 270 cm³/mol. The van der Waals surface area contributed by atoms with E-state index < -0.39 is 5.41 Å². The van der Waals surface area contributed by atoms with Crippen molar-refractivity contribution in [3.8, 4) is 44.5 Å². The topological polar surface area (TPSA) is 3.24 Å². The summed E-state index contributed by atoms with van der Waals surface area (Å²) in [6.07, 6.45) is 0. The van der Waals surface area contributed by atoms with Crippen molar-refractivity contribution < 1.29 is 0 Å². The van der Waals surface area contributed by atoms with E-state index in [1.165, 1.54) is 88.3 Å². The molecule has 0 atom stereocenters. The zero-order valence-corrected chi connectivity index (χ0v) is 35.3. The Morgan fingerprint density at radius 1 is 0.250 bits per heavy atom. The fourth-order valence-corrected chi connectivity index (χ4v) is 10.5. The molecule has 1 heteroatoms. The molecule has 0 amide bonds. The molecular formula is C63H43N. The number of nitrogens with zero attached hydrogens (tertiary/aromatic N) is 1. The summed E-state index contributed by atoms with van der Waals surface area (Å²) in [6.45, 7) is 0. The van der Waals surface area contributed by atoms with Crippen LogP contribution in [-0.4, -0.2) is 0 Å². The molecule has 0 N–H and O–H groups in total. The molecule has 0 radical (unpaired) electrons. The lowest BCUT2D eigenvalue weighted by atomic mass is 9.67. The number of benzene rings is 11. The van der Waals surface area contributed by atoms with Crippen molar-refractivity contribution in [1.29, 1.82) is 0 Å². The zero-order chi connectivity index (χ0) is 42.5. The molecule has 0 bridgehead atoms. The third kappa shape index (κ3) is 6.08. The van der Waals surface area contributed by atoms with E-state index in [4.69, 9.17) is 0 Å². The van der Waals surface area contributed by atoms with Crippen molar-refractivity contribution in [2.45, 2.75) is 5.41 Å². The monoisotopic (exact) mass is 813 g/mol. The third-order valence-corrected chi connectivity index (χ3v) is 13.4. The van der Waals surface area contributed by atoms with Gasteiger partial charge in [0.05, 0.1) is 5.41 Å². The molecule has 0 spiro atoms. The molecule has 0 aliphatic heterocycles. The van der Waals surface area contributed by atoms with Crippen LogP contribution in [0.15, 0.2) is 261 Å². The molecule has 0 fully saturated rings. The van der Waals surface area contributed by atoms with Gasteiger partial charge in [0.1, 0.15) is 0 Å². The second-order valence-electron chi connectivity index (χ2n) is 16.8. The molecule has 0 unspecified atom stereocenters. The minimum atomic E-state index is -0.509. The molecule has 1 aliphatic rings. The van der Waals surface area contributed by atoms with E-state index in [9.17, 15) is 0 Å². The largest absolute Gasteiger partial charge is 0.310 e. The van der Waals surface area contributed by atoms with Gasteiger partial charge in [-0.15, -0.1) is 0 Å². The molecule has 64 heavy (non-hydrogen) atoms. The first-order valence-corrected chi connectivity index (χ1v) is 22.2. The van der Waals surface area contributed by atoms with Crippen LogP contribution in [0.2, 0.25) is 0 Å². The third-order valence-electron chi connectivity index (χ3n) is 13.4. The van der Waals surface area contributed by atoms with Crippen molar-refractivity contribution >= 4 is 38.6 Å². The highest BCUT2D eigenvalue weighted by Crippen LogP contribution is 2.57. The van der Waals surface area contributed by atoms with Gasteiger partial charge in [0.15, 0.2) is 0 Å². The minimum Gasteiger partial charge on any atom is -0.310 e. The van der Waals surface area contributed by atoms with E-state index in [1.54, 1.807) is 0 Å². The summed E-state index contributed by atoms with van der Waals surface area (Å²) < 4.78 is 0. The van der Waals surface area contributed by atoms with Gasteiger partial charge in [0, 0.05) is 17.1 Å². The van der Waals surface area contributed by atoms with Crippen LogP contribution in [0.25, 0.3) is 66.1 Å². The molecule has 300 valence electrons. The highest BCUT2D eigenvalue weighted by atomic mass is 15.1.